The third-order valence-corrected chi connectivity index (χ3v) is 5.12. The fraction of sp³-hybridized carbons (Fsp3) is 0.238. The number of hydrogen-bond donors (Lipinski definition) is 0. The number of fused-ring (bicyclic) bond motifs is 1. The van der Waals surface area contributed by atoms with Gasteiger partial charge in [-0.1, -0.05) is 17.3 Å². The highest BCUT2D eigenvalue weighted by Crippen LogP contribution is 2.30. The molecular weight excluding hydrogens is 356 g/mol. The van der Waals surface area contributed by atoms with Gasteiger partial charge in [-0.15, -0.1) is 0 Å². The maximum atomic E-state index is 12.8. The zero-order valence-corrected chi connectivity index (χ0v) is 15.1. The van der Waals surface area contributed by atoms with Gasteiger partial charge in [0, 0.05) is 43.0 Å². The zero-order chi connectivity index (χ0) is 18.9. The highest BCUT2D eigenvalue weighted by Gasteiger charge is 2.29. The maximum absolute atomic E-state index is 12.8. The predicted molar refractivity (Wildman–Crippen MR) is 102 cm³/mol. The van der Waals surface area contributed by atoms with Crippen molar-refractivity contribution >= 4 is 17.0 Å². The van der Waals surface area contributed by atoms with E-state index in [-0.39, 0.29) is 11.8 Å². The molecule has 0 atom stereocenters. The van der Waals surface area contributed by atoms with Crippen LogP contribution in [0.5, 0.6) is 0 Å². The van der Waals surface area contributed by atoms with E-state index >= 15 is 0 Å². The lowest BCUT2D eigenvalue weighted by Crippen LogP contribution is -2.38. The van der Waals surface area contributed by atoms with Crippen LogP contribution in [0.2, 0.25) is 0 Å². The molecule has 0 spiro atoms. The molecule has 5 rings (SSSR count). The Hall–Kier alpha value is -3.48. The van der Waals surface area contributed by atoms with E-state index in [2.05, 4.69) is 15.1 Å². The van der Waals surface area contributed by atoms with Crippen LogP contribution < -0.4 is 0 Å². The van der Waals surface area contributed by atoms with Crippen LogP contribution in [0.3, 0.4) is 0 Å². The number of pyridine rings is 1. The fourth-order valence-corrected chi connectivity index (χ4v) is 3.58. The summed E-state index contributed by atoms with van der Waals surface area (Å²) in [5.41, 5.74) is 2.80. The Morgan fingerprint density at radius 2 is 1.96 bits per heavy atom. The van der Waals surface area contributed by atoms with Crippen molar-refractivity contribution in [3.8, 4) is 11.3 Å². The largest absolute Gasteiger partial charge is 0.440 e. The molecule has 1 fully saturated rings. The Kier molecular flexibility index (Phi) is 4.12. The SMILES string of the molecule is O=C(c1cc(-c2cccnc2)on1)N1CCC(c2nc3ccccc3o2)CC1. The number of benzene rings is 1. The molecule has 140 valence electrons. The fourth-order valence-electron chi connectivity index (χ4n) is 3.58. The van der Waals surface area contributed by atoms with Crippen LogP contribution in [-0.4, -0.2) is 39.0 Å². The Morgan fingerprint density at radius 3 is 2.75 bits per heavy atom. The molecule has 28 heavy (non-hydrogen) atoms. The number of carbonyl (C=O) groups excluding carboxylic acids is 1. The van der Waals surface area contributed by atoms with Crippen LogP contribution >= 0.6 is 0 Å². The van der Waals surface area contributed by atoms with Crippen molar-refractivity contribution in [3.63, 3.8) is 0 Å². The summed E-state index contributed by atoms with van der Waals surface area (Å²) in [7, 11) is 0. The van der Waals surface area contributed by atoms with Gasteiger partial charge in [-0.2, -0.15) is 0 Å². The third kappa shape index (κ3) is 3.05. The minimum Gasteiger partial charge on any atom is -0.440 e. The Morgan fingerprint density at radius 1 is 1.11 bits per heavy atom. The molecule has 0 aliphatic carbocycles. The molecule has 1 aliphatic heterocycles. The average molecular weight is 374 g/mol. The van der Waals surface area contributed by atoms with Crippen LogP contribution in [0, 0.1) is 0 Å². The van der Waals surface area contributed by atoms with Gasteiger partial charge in [-0.25, -0.2) is 4.98 Å². The van der Waals surface area contributed by atoms with Gasteiger partial charge in [0.1, 0.15) is 5.52 Å². The van der Waals surface area contributed by atoms with Crippen LogP contribution in [-0.2, 0) is 0 Å². The summed E-state index contributed by atoms with van der Waals surface area (Å²) in [5, 5.41) is 3.95. The summed E-state index contributed by atoms with van der Waals surface area (Å²) in [6.45, 7) is 1.27. The quantitative estimate of drug-likeness (QED) is 0.541. The number of amides is 1. The summed E-state index contributed by atoms with van der Waals surface area (Å²) >= 11 is 0. The number of oxazole rings is 1. The number of piperidine rings is 1. The first-order chi connectivity index (χ1) is 13.8. The lowest BCUT2D eigenvalue weighted by Gasteiger charge is -2.29. The number of rotatable bonds is 3. The second-order valence-corrected chi connectivity index (χ2v) is 6.90. The molecular formula is C21H18N4O3. The number of hydrogen-bond acceptors (Lipinski definition) is 6. The minimum atomic E-state index is -0.116. The molecule has 7 nitrogen and oxygen atoms in total. The number of nitrogens with zero attached hydrogens (tertiary/aromatic N) is 4. The van der Waals surface area contributed by atoms with Crippen molar-refractivity contribution in [2.45, 2.75) is 18.8 Å². The molecule has 0 unspecified atom stereocenters. The van der Waals surface area contributed by atoms with Gasteiger partial charge in [0.2, 0.25) is 0 Å². The van der Waals surface area contributed by atoms with E-state index in [1.165, 1.54) is 0 Å². The van der Waals surface area contributed by atoms with Crippen molar-refractivity contribution in [3.05, 3.63) is 66.4 Å². The summed E-state index contributed by atoms with van der Waals surface area (Å²) in [6, 6.07) is 13.1. The van der Waals surface area contributed by atoms with Crippen molar-refractivity contribution in [2.24, 2.45) is 0 Å². The van der Waals surface area contributed by atoms with Gasteiger partial charge in [-0.3, -0.25) is 9.78 Å². The van der Waals surface area contributed by atoms with Gasteiger partial charge in [0.25, 0.3) is 5.91 Å². The molecule has 1 aromatic carbocycles. The van der Waals surface area contributed by atoms with Crippen LogP contribution in [0.15, 0.2) is 63.8 Å². The van der Waals surface area contributed by atoms with Crippen LogP contribution in [0.4, 0.5) is 0 Å². The highest BCUT2D eigenvalue weighted by atomic mass is 16.5. The Labute approximate surface area is 161 Å². The van der Waals surface area contributed by atoms with E-state index in [4.69, 9.17) is 8.94 Å². The van der Waals surface area contributed by atoms with Crippen LogP contribution in [0.1, 0.15) is 35.1 Å². The first-order valence-electron chi connectivity index (χ1n) is 9.30. The molecule has 0 radical (unpaired) electrons. The summed E-state index contributed by atoms with van der Waals surface area (Å²) < 4.78 is 11.2. The van der Waals surface area contributed by atoms with E-state index in [1.54, 1.807) is 18.5 Å². The molecule has 4 heterocycles. The molecule has 7 heteroatoms. The van der Waals surface area contributed by atoms with E-state index in [1.807, 2.05) is 41.3 Å². The first-order valence-corrected chi connectivity index (χ1v) is 9.30. The molecule has 3 aromatic heterocycles. The summed E-state index contributed by atoms with van der Waals surface area (Å²) in [6.07, 6.45) is 4.99. The monoisotopic (exact) mass is 374 g/mol. The molecule has 0 bridgehead atoms. The van der Waals surface area contributed by atoms with E-state index < -0.39 is 0 Å². The number of para-hydroxylation sites is 2. The van der Waals surface area contributed by atoms with Gasteiger partial charge in [-0.05, 0) is 37.1 Å². The van der Waals surface area contributed by atoms with Crippen molar-refractivity contribution in [1.82, 2.24) is 20.0 Å². The van der Waals surface area contributed by atoms with Gasteiger partial charge in [0.15, 0.2) is 22.9 Å². The highest BCUT2D eigenvalue weighted by molar-refractivity contribution is 5.93. The smallest absolute Gasteiger partial charge is 0.276 e. The average Bonchev–Trinajstić information content (AvgIpc) is 3.41. The molecule has 1 aliphatic rings. The topological polar surface area (TPSA) is 85.3 Å². The number of likely N-dealkylation sites (tertiary alicyclic amines) is 1. The van der Waals surface area contributed by atoms with E-state index in [9.17, 15) is 4.79 Å². The van der Waals surface area contributed by atoms with Gasteiger partial charge in [0.05, 0.1) is 0 Å². The maximum Gasteiger partial charge on any atom is 0.276 e. The standard InChI is InChI=1S/C21H18N4O3/c26-21(17-12-19(28-24-17)15-4-3-9-22-13-15)25-10-7-14(8-11-25)20-23-16-5-1-2-6-18(16)27-20/h1-6,9,12-14H,7-8,10-11H2. The minimum absolute atomic E-state index is 0.116. The number of aromatic nitrogens is 3. The molecule has 0 N–H and O–H groups in total. The molecule has 1 saturated heterocycles. The Bertz CT molecular complexity index is 1080. The predicted octanol–water partition coefficient (Wildman–Crippen LogP) is 3.90. The van der Waals surface area contributed by atoms with Crippen molar-refractivity contribution in [2.75, 3.05) is 13.1 Å². The third-order valence-electron chi connectivity index (χ3n) is 5.12. The molecule has 0 saturated carbocycles. The van der Waals surface area contributed by atoms with Crippen molar-refractivity contribution < 1.29 is 13.7 Å². The lowest BCUT2D eigenvalue weighted by atomic mass is 9.96. The Balaban J connectivity index is 1.26. The zero-order valence-electron chi connectivity index (χ0n) is 15.1. The van der Waals surface area contributed by atoms with Gasteiger partial charge < -0.3 is 13.8 Å². The van der Waals surface area contributed by atoms with Gasteiger partial charge >= 0.3 is 0 Å². The summed E-state index contributed by atoms with van der Waals surface area (Å²) in [4.78, 5) is 23.2. The second-order valence-electron chi connectivity index (χ2n) is 6.90. The van der Waals surface area contributed by atoms with Crippen LogP contribution in [0.25, 0.3) is 22.4 Å². The number of carbonyl (C=O) groups is 1. The van der Waals surface area contributed by atoms with E-state index in [0.29, 0.717) is 24.5 Å². The van der Waals surface area contributed by atoms with Crippen molar-refractivity contribution in [1.29, 1.82) is 0 Å². The van der Waals surface area contributed by atoms with E-state index in [0.717, 1.165) is 35.4 Å². The lowest BCUT2D eigenvalue weighted by molar-refractivity contribution is 0.0696. The normalized spacial score (nSPS) is 15.2. The second kappa shape index (κ2) is 6.92. The molecule has 4 aromatic rings. The summed E-state index contributed by atoms with van der Waals surface area (Å²) in [5.74, 6) is 1.40. The first kappa shape index (κ1) is 16.7. The molecule has 1 amide bonds.